The van der Waals surface area contributed by atoms with E-state index in [1.807, 2.05) is 60.7 Å². The Labute approximate surface area is 156 Å². The molecule has 3 aromatic rings. The molecule has 0 unspecified atom stereocenters. The van der Waals surface area contributed by atoms with Gasteiger partial charge in [-0.1, -0.05) is 60.7 Å². The highest BCUT2D eigenvalue weighted by atomic mass is 16.6. The fourth-order valence-corrected chi connectivity index (χ4v) is 2.89. The molecular formula is C21H18N2O4. The number of nitro benzene ring substituents is 1. The monoisotopic (exact) mass is 362 g/mol. The van der Waals surface area contributed by atoms with Gasteiger partial charge in [-0.05, 0) is 23.3 Å². The van der Waals surface area contributed by atoms with Gasteiger partial charge in [0.2, 0.25) is 5.91 Å². The van der Waals surface area contributed by atoms with Crippen molar-refractivity contribution in [3.63, 3.8) is 0 Å². The zero-order valence-electron chi connectivity index (χ0n) is 14.7. The van der Waals surface area contributed by atoms with Gasteiger partial charge in [-0.25, -0.2) is 0 Å². The third-order valence-corrected chi connectivity index (χ3v) is 4.19. The highest BCUT2D eigenvalue weighted by Crippen LogP contribution is 2.31. The second kappa shape index (κ2) is 8.14. The molecule has 0 fully saturated rings. The number of benzene rings is 3. The van der Waals surface area contributed by atoms with Gasteiger partial charge < -0.3 is 10.1 Å². The van der Waals surface area contributed by atoms with E-state index in [4.69, 9.17) is 4.74 Å². The van der Waals surface area contributed by atoms with Crippen LogP contribution in [0.4, 0.5) is 11.4 Å². The summed E-state index contributed by atoms with van der Waals surface area (Å²) in [7, 11) is 1.43. The van der Waals surface area contributed by atoms with Gasteiger partial charge in [-0.15, -0.1) is 0 Å². The molecule has 0 aromatic heterocycles. The van der Waals surface area contributed by atoms with Crippen LogP contribution >= 0.6 is 0 Å². The normalized spacial score (nSPS) is 10.4. The summed E-state index contributed by atoms with van der Waals surface area (Å²) >= 11 is 0. The molecule has 27 heavy (non-hydrogen) atoms. The number of ether oxygens (including phenoxy) is 1. The standard InChI is InChI=1S/C21H18N2O4/c1-27-17-12-13-18(19(14-17)23(25)26)22-21(24)20(15-8-4-2-5-9-15)16-10-6-3-7-11-16/h2-14,20H,1H3,(H,22,24). The minimum Gasteiger partial charge on any atom is -0.496 e. The predicted octanol–water partition coefficient (Wildman–Crippen LogP) is 4.37. The first-order valence-corrected chi connectivity index (χ1v) is 8.33. The molecular weight excluding hydrogens is 344 g/mol. The number of carbonyl (C=O) groups is 1. The number of methoxy groups -OCH3 is 1. The molecule has 0 bridgehead atoms. The molecule has 0 aliphatic heterocycles. The van der Waals surface area contributed by atoms with E-state index in [1.54, 1.807) is 6.07 Å². The minimum absolute atomic E-state index is 0.127. The van der Waals surface area contributed by atoms with Gasteiger partial charge in [0, 0.05) is 0 Å². The summed E-state index contributed by atoms with van der Waals surface area (Å²) in [4.78, 5) is 23.9. The van der Waals surface area contributed by atoms with E-state index in [0.717, 1.165) is 11.1 Å². The Morgan fingerprint density at radius 1 is 0.963 bits per heavy atom. The molecule has 1 N–H and O–H groups in total. The van der Waals surface area contributed by atoms with Crippen LogP contribution in [0.25, 0.3) is 0 Å². The number of nitro groups is 1. The molecule has 0 heterocycles. The van der Waals surface area contributed by atoms with Crippen molar-refractivity contribution in [2.45, 2.75) is 5.92 Å². The van der Waals surface area contributed by atoms with E-state index < -0.39 is 10.8 Å². The molecule has 0 radical (unpaired) electrons. The quantitative estimate of drug-likeness (QED) is 0.521. The van der Waals surface area contributed by atoms with Crippen molar-refractivity contribution in [1.29, 1.82) is 0 Å². The lowest BCUT2D eigenvalue weighted by atomic mass is 9.90. The summed E-state index contributed by atoms with van der Waals surface area (Å²) in [5.41, 5.74) is 1.51. The fraction of sp³-hybridized carbons (Fsp3) is 0.0952. The van der Waals surface area contributed by atoms with E-state index in [9.17, 15) is 14.9 Å². The summed E-state index contributed by atoms with van der Waals surface area (Å²) in [6.45, 7) is 0. The van der Waals surface area contributed by atoms with Crippen molar-refractivity contribution in [1.82, 2.24) is 0 Å². The number of carbonyl (C=O) groups excluding carboxylic acids is 1. The third-order valence-electron chi connectivity index (χ3n) is 4.19. The Bertz CT molecular complexity index is 903. The number of hydrogen-bond donors (Lipinski definition) is 1. The highest BCUT2D eigenvalue weighted by molar-refractivity contribution is 5.99. The van der Waals surface area contributed by atoms with Crippen LogP contribution in [0.5, 0.6) is 5.75 Å². The molecule has 0 saturated carbocycles. The van der Waals surface area contributed by atoms with Crippen LogP contribution in [-0.4, -0.2) is 17.9 Å². The van der Waals surface area contributed by atoms with E-state index in [-0.39, 0.29) is 17.3 Å². The molecule has 0 spiro atoms. The van der Waals surface area contributed by atoms with Crippen molar-refractivity contribution >= 4 is 17.3 Å². The van der Waals surface area contributed by atoms with Gasteiger partial charge in [-0.2, -0.15) is 0 Å². The van der Waals surface area contributed by atoms with E-state index in [1.165, 1.54) is 19.2 Å². The molecule has 3 aromatic carbocycles. The average molecular weight is 362 g/mol. The Morgan fingerprint density at radius 3 is 2.00 bits per heavy atom. The Kier molecular flexibility index (Phi) is 5.47. The fourth-order valence-electron chi connectivity index (χ4n) is 2.89. The Balaban J connectivity index is 1.98. The third kappa shape index (κ3) is 4.12. The lowest BCUT2D eigenvalue weighted by molar-refractivity contribution is -0.384. The Hall–Kier alpha value is -3.67. The van der Waals surface area contributed by atoms with Gasteiger partial charge in [0.05, 0.1) is 24.0 Å². The maximum atomic E-state index is 13.1. The maximum absolute atomic E-state index is 13.1. The topological polar surface area (TPSA) is 81.5 Å². The summed E-state index contributed by atoms with van der Waals surface area (Å²) in [5, 5.41) is 14.1. The van der Waals surface area contributed by atoms with Crippen LogP contribution in [-0.2, 0) is 4.79 Å². The average Bonchev–Trinajstić information content (AvgIpc) is 2.70. The number of amides is 1. The van der Waals surface area contributed by atoms with Crippen molar-refractivity contribution < 1.29 is 14.5 Å². The zero-order chi connectivity index (χ0) is 19.2. The van der Waals surface area contributed by atoms with Crippen LogP contribution in [0.2, 0.25) is 0 Å². The van der Waals surface area contributed by atoms with Crippen molar-refractivity contribution in [2.24, 2.45) is 0 Å². The summed E-state index contributed by atoms with van der Waals surface area (Å²) in [6, 6.07) is 22.9. The molecule has 0 saturated heterocycles. The number of hydrogen-bond acceptors (Lipinski definition) is 4. The van der Waals surface area contributed by atoms with Gasteiger partial charge in [0.15, 0.2) is 0 Å². The van der Waals surface area contributed by atoms with Gasteiger partial charge >= 0.3 is 0 Å². The van der Waals surface area contributed by atoms with E-state index >= 15 is 0 Å². The minimum atomic E-state index is -0.589. The SMILES string of the molecule is COc1ccc(NC(=O)C(c2ccccc2)c2ccccc2)c([N+](=O)[O-])c1. The molecule has 6 nitrogen and oxygen atoms in total. The molecule has 1 amide bonds. The van der Waals surface area contributed by atoms with E-state index in [2.05, 4.69) is 5.32 Å². The number of rotatable bonds is 6. The van der Waals surface area contributed by atoms with Crippen molar-refractivity contribution in [3.05, 3.63) is 100 Å². The second-order valence-electron chi connectivity index (χ2n) is 5.88. The van der Waals surface area contributed by atoms with Crippen LogP contribution in [0.15, 0.2) is 78.9 Å². The maximum Gasteiger partial charge on any atom is 0.296 e. The van der Waals surface area contributed by atoms with Crippen LogP contribution in [0.1, 0.15) is 17.0 Å². The highest BCUT2D eigenvalue weighted by Gasteiger charge is 2.25. The molecule has 0 aliphatic carbocycles. The lowest BCUT2D eigenvalue weighted by Crippen LogP contribution is -2.22. The second-order valence-corrected chi connectivity index (χ2v) is 5.88. The van der Waals surface area contributed by atoms with Gasteiger partial charge in [0.1, 0.15) is 11.4 Å². The van der Waals surface area contributed by atoms with Crippen LogP contribution < -0.4 is 10.1 Å². The van der Waals surface area contributed by atoms with Crippen LogP contribution in [0.3, 0.4) is 0 Å². The number of nitrogens with one attached hydrogen (secondary N) is 1. The smallest absolute Gasteiger partial charge is 0.296 e. The summed E-state index contributed by atoms with van der Waals surface area (Å²) in [6.07, 6.45) is 0. The molecule has 0 aliphatic rings. The van der Waals surface area contributed by atoms with Crippen LogP contribution in [0, 0.1) is 10.1 Å². The first-order chi connectivity index (χ1) is 13.1. The number of anilines is 1. The van der Waals surface area contributed by atoms with Gasteiger partial charge in [0.25, 0.3) is 5.69 Å². The first-order valence-electron chi connectivity index (χ1n) is 8.33. The number of nitrogens with zero attached hydrogens (tertiary/aromatic N) is 1. The van der Waals surface area contributed by atoms with Crippen molar-refractivity contribution in [3.8, 4) is 5.75 Å². The molecule has 0 atom stereocenters. The molecule has 136 valence electrons. The first kappa shape index (κ1) is 18.1. The van der Waals surface area contributed by atoms with Crippen molar-refractivity contribution in [2.75, 3.05) is 12.4 Å². The summed E-state index contributed by atoms with van der Waals surface area (Å²) < 4.78 is 5.03. The predicted molar refractivity (Wildman–Crippen MR) is 103 cm³/mol. The van der Waals surface area contributed by atoms with E-state index in [0.29, 0.717) is 5.75 Å². The molecule has 6 heteroatoms. The lowest BCUT2D eigenvalue weighted by Gasteiger charge is -2.18. The van der Waals surface area contributed by atoms with Gasteiger partial charge in [-0.3, -0.25) is 14.9 Å². The molecule has 3 rings (SSSR count). The Morgan fingerprint density at radius 2 is 1.52 bits per heavy atom. The summed E-state index contributed by atoms with van der Waals surface area (Å²) in [5.74, 6) is -0.586. The zero-order valence-corrected chi connectivity index (χ0v) is 14.7. The largest absolute Gasteiger partial charge is 0.496 e.